The minimum absolute atomic E-state index is 0.0502. The molecule has 0 saturated heterocycles. The van der Waals surface area contributed by atoms with Gasteiger partial charge in [-0.3, -0.25) is 4.79 Å². The first-order valence-corrected chi connectivity index (χ1v) is 9.82. The number of halogens is 3. The van der Waals surface area contributed by atoms with E-state index in [-0.39, 0.29) is 5.92 Å². The lowest BCUT2D eigenvalue weighted by molar-refractivity contribution is -0.177. The molecule has 0 bridgehead atoms. The summed E-state index contributed by atoms with van der Waals surface area (Å²) in [5.74, 6) is -1.91. The summed E-state index contributed by atoms with van der Waals surface area (Å²) in [7, 11) is 0. The van der Waals surface area contributed by atoms with Crippen LogP contribution in [-0.2, 0) is 9.53 Å². The number of alkyl halides is 3. The molecule has 0 fully saturated rings. The van der Waals surface area contributed by atoms with E-state index in [1.807, 2.05) is 26.0 Å². The van der Waals surface area contributed by atoms with E-state index in [1.165, 1.54) is 6.92 Å². The quantitative estimate of drug-likeness (QED) is 0.465. The first-order valence-electron chi connectivity index (χ1n) is 9.82. The Hall–Kier alpha value is -1.82. The van der Waals surface area contributed by atoms with Gasteiger partial charge in [-0.2, -0.15) is 13.2 Å². The number of nitrogens with one attached hydrogen (secondary N) is 1. The van der Waals surface area contributed by atoms with Gasteiger partial charge in [-0.25, -0.2) is 0 Å². The number of benzene rings is 1. The monoisotopic (exact) mass is 399 g/mol. The third kappa shape index (κ3) is 6.66. The minimum Gasteiger partial charge on any atom is -0.365 e. The summed E-state index contributed by atoms with van der Waals surface area (Å²) in [4.78, 5) is 11.5. The van der Waals surface area contributed by atoms with Crippen molar-refractivity contribution in [1.29, 1.82) is 0 Å². The predicted molar refractivity (Wildman–Crippen MR) is 106 cm³/mol. The molecule has 1 aromatic carbocycles. The van der Waals surface area contributed by atoms with Crippen molar-refractivity contribution < 1.29 is 22.7 Å². The molecule has 4 atom stereocenters. The molecule has 1 aromatic rings. The zero-order valence-electron chi connectivity index (χ0n) is 17.2. The van der Waals surface area contributed by atoms with Crippen molar-refractivity contribution in [2.24, 2.45) is 5.92 Å². The Morgan fingerprint density at radius 2 is 1.86 bits per heavy atom. The van der Waals surface area contributed by atoms with Gasteiger partial charge in [0, 0.05) is 5.92 Å². The first-order chi connectivity index (χ1) is 13.1. The molecule has 28 heavy (non-hydrogen) atoms. The number of hydrogen-bond donors (Lipinski definition) is 1. The van der Waals surface area contributed by atoms with Crippen molar-refractivity contribution in [3.63, 3.8) is 0 Å². The van der Waals surface area contributed by atoms with Gasteiger partial charge in [-0.1, -0.05) is 63.1 Å². The zero-order valence-corrected chi connectivity index (χ0v) is 17.2. The average Bonchev–Trinajstić information content (AvgIpc) is 2.66. The van der Waals surface area contributed by atoms with Gasteiger partial charge >= 0.3 is 12.1 Å². The number of rotatable bonds is 11. The highest BCUT2D eigenvalue weighted by molar-refractivity contribution is 5.82. The lowest BCUT2D eigenvalue weighted by atomic mass is 9.82. The van der Waals surface area contributed by atoms with Crippen molar-refractivity contribution >= 4 is 5.91 Å². The van der Waals surface area contributed by atoms with E-state index >= 15 is 0 Å². The summed E-state index contributed by atoms with van der Waals surface area (Å²) >= 11 is 0. The van der Waals surface area contributed by atoms with Crippen LogP contribution in [0, 0.1) is 5.92 Å². The van der Waals surface area contributed by atoms with E-state index in [9.17, 15) is 18.0 Å². The summed E-state index contributed by atoms with van der Waals surface area (Å²) in [5.41, 5.74) is 0.102. The van der Waals surface area contributed by atoms with Crippen LogP contribution in [-0.4, -0.2) is 23.7 Å². The Morgan fingerprint density at radius 3 is 2.32 bits per heavy atom. The number of amides is 1. The Balaban J connectivity index is 3.17. The molecule has 0 unspecified atom stereocenters. The molecular formula is C22H32F3NO2. The highest BCUT2D eigenvalue weighted by atomic mass is 19.4. The number of carbonyl (C=O) groups excluding carboxylic acids is 1. The lowest BCUT2D eigenvalue weighted by Gasteiger charge is -2.41. The molecule has 3 nitrogen and oxygen atoms in total. The maximum atomic E-state index is 12.7. The summed E-state index contributed by atoms with van der Waals surface area (Å²) in [6.07, 6.45) is -0.210. The second kappa shape index (κ2) is 10.6. The van der Waals surface area contributed by atoms with E-state index < -0.39 is 29.8 Å². The molecular weight excluding hydrogens is 367 g/mol. The number of unbranched alkanes of at least 4 members (excludes halogenated alkanes) is 1. The van der Waals surface area contributed by atoms with Crippen LogP contribution in [0.2, 0.25) is 0 Å². The maximum absolute atomic E-state index is 12.7. The molecule has 0 aliphatic rings. The summed E-state index contributed by atoms with van der Waals surface area (Å²) < 4.78 is 44.7. The Bertz CT molecular complexity index is 618. The molecule has 0 aromatic heterocycles. The topological polar surface area (TPSA) is 38.3 Å². The number of hydrogen-bond acceptors (Lipinski definition) is 2. The van der Waals surface area contributed by atoms with E-state index in [1.54, 1.807) is 24.3 Å². The van der Waals surface area contributed by atoms with Gasteiger partial charge in [0.05, 0.1) is 11.6 Å². The third-order valence-corrected chi connectivity index (χ3v) is 5.23. The van der Waals surface area contributed by atoms with Crippen LogP contribution in [0.5, 0.6) is 0 Å². The third-order valence-electron chi connectivity index (χ3n) is 5.23. The van der Waals surface area contributed by atoms with Crippen LogP contribution in [0.4, 0.5) is 13.2 Å². The van der Waals surface area contributed by atoms with Crippen molar-refractivity contribution in [1.82, 2.24) is 5.32 Å². The molecule has 0 saturated carbocycles. The van der Waals surface area contributed by atoms with Crippen molar-refractivity contribution in [3.8, 4) is 0 Å². The molecule has 1 amide bonds. The normalized spacial score (nSPS) is 17.2. The van der Waals surface area contributed by atoms with Gasteiger partial charge < -0.3 is 10.1 Å². The van der Waals surface area contributed by atoms with Gasteiger partial charge in [0.2, 0.25) is 0 Å². The van der Waals surface area contributed by atoms with Crippen molar-refractivity contribution in [2.45, 2.75) is 77.3 Å². The lowest BCUT2D eigenvalue weighted by Crippen LogP contribution is -2.47. The maximum Gasteiger partial charge on any atom is 0.471 e. The van der Waals surface area contributed by atoms with Crippen LogP contribution >= 0.6 is 0 Å². The fourth-order valence-corrected chi connectivity index (χ4v) is 3.29. The summed E-state index contributed by atoms with van der Waals surface area (Å²) in [6.45, 7) is 11.5. The molecule has 1 N–H and O–H groups in total. The predicted octanol–water partition coefficient (Wildman–Crippen LogP) is 5.97. The van der Waals surface area contributed by atoms with Crippen LogP contribution in [0.1, 0.15) is 65.0 Å². The highest BCUT2D eigenvalue weighted by Crippen LogP contribution is 2.37. The largest absolute Gasteiger partial charge is 0.471 e. The van der Waals surface area contributed by atoms with Gasteiger partial charge in [0.25, 0.3) is 0 Å². The van der Waals surface area contributed by atoms with Gasteiger partial charge in [-0.15, -0.1) is 6.58 Å². The smallest absolute Gasteiger partial charge is 0.365 e. The summed E-state index contributed by atoms with van der Waals surface area (Å²) in [5, 5.41) is 2.05. The molecule has 0 aliphatic carbocycles. The van der Waals surface area contributed by atoms with Gasteiger partial charge in [0.1, 0.15) is 6.10 Å². The van der Waals surface area contributed by atoms with Crippen molar-refractivity contribution in [2.75, 3.05) is 0 Å². The fraction of sp³-hybridized carbons (Fsp3) is 0.591. The standard InChI is InChI=1S/C22H32F3NO2/c1-6-9-15-18(7-2)21(5,8-3)28-19(17-13-11-10-12-14-17)16(4)26-20(27)22(23,24)25/h7,10-14,16,18-19H,2,6,8-9,15H2,1,3-5H3,(H,26,27)/t16-,18+,19+,21+/m0/s1. The van der Waals surface area contributed by atoms with Crippen LogP contribution < -0.4 is 5.32 Å². The summed E-state index contributed by atoms with van der Waals surface area (Å²) in [6, 6.07) is 8.16. The zero-order chi connectivity index (χ0) is 21.4. The van der Waals surface area contributed by atoms with E-state index in [0.29, 0.717) is 6.42 Å². The molecule has 158 valence electrons. The highest BCUT2D eigenvalue weighted by Gasteiger charge is 2.42. The molecule has 0 radical (unpaired) electrons. The number of carbonyl (C=O) groups is 1. The second-order valence-electron chi connectivity index (χ2n) is 7.36. The molecule has 0 heterocycles. The molecule has 1 rings (SSSR count). The molecule has 6 heteroatoms. The van der Waals surface area contributed by atoms with Gasteiger partial charge in [-0.05, 0) is 32.3 Å². The van der Waals surface area contributed by atoms with Crippen LogP contribution in [0.3, 0.4) is 0 Å². The molecule has 0 spiro atoms. The van der Waals surface area contributed by atoms with E-state index in [2.05, 4.69) is 18.8 Å². The average molecular weight is 399 g/mol. The van der Waals surface area contributed by atoms with Crippen LogP contribution in [0.15, 0.2) is 43.0 Å². The van der Waals surface area contributed by atoms with Crippen molar-refractivity contribution in [3.05, 3.63) is 48.6 Å². The van der Waals surface area contributed by atoms with Crippen LogP contribution in [0.25, 0.3) is 0 Å². The second-order valence-corrected chi connectivity index (χ2v) is 7.36. The molecule has 0 aliphatic heterocycles. The number of ether oxygens (including phenoxy) is 1. The Morgan fingerprint density at radius 1 is 1.25 bits per heavy atom. The van der Waals surface area contributed by atoms with Gasteiger partial charge in [0.15, 0.2) is 0 Å². The SMILES string of the molecule is C=C[C@H](CCCC)[C@@](C)(CC)O[C@@H](c1ccccc1)[C@H](C)NC(=O)C(F)(F)F. The van der Waals surface area contributed by atoms with E-state index in [0.717, 1.165) is 24.8 Å². The fourth-order valence-electron chi connectivity index (χ4n) is 3.29. The Kier molecular flexibility index (Phi) is 9.21. The minimum atomic E-state index is -4.94. The van der Waals surface area contributed by atoms with E-state index in [4.69, 9.17) is 4.74 Å². The Labute approximate surface area is 166 Å². The first kappa shape index (κ1) is 24.2.